The van der Waals surface area contributed by atoms with Crippen LogP contribution < -0.4 is 5.32 Å². The standard InChI is InChI=1S/C24H30N4S.2ClH/c1-2-27-13-10-25-22(17-27)23-24-20(9-14-29-24)15-21(26-23)19-7-5-18(6-8-19)16-28-11-3-4-12-28;;/h5-9,14-15,22,25H,2-4,10-13,16-17H2,1H3;2*1H. The highest BCUT2D eigenvalue weighted by atomic mass is 35.5. The normalized spacial score (nSPS) is 19.8. The molecular formula is C24H32Cl2N4S. The molecule has 4 nitrogen and oxygen atoms in total. The Bertz CT molecular complexity index is 969. The minimum Gasteiger partial charge on any atom is -0.306 e. The van der Waals surface area contributed by atoms with Gasteiger partial charge in [-0.15, -0.1) is 36.2 Å². The highest BCUT2D eigenvalue weighted by Gasteiger charge is 2.24. The van der Waals surface area contributed by atoms with E-state index < -0.39 is 0 Å². The van der Waals surface area contributed by atoms with Gasteiger partial charge in [-0.05, 0) is 60.9 Å². The van der Waals surface area contributed by atoms with Crippen molar-refractivity contribution in [2.75, 3.05) is 39.3 Å². The van der Waals surface area contributed by atoms with Gasteiger partial charge in [0.2, 0.25) is 0 Å². The van der Waals surface area contributed by atoms with E-state index in [4.69, 9.17) is 4.98 Å². The lowest BCUT2D eigenvalue weighted by Gasteiger charge is -2.33. The lowest BCUT2D eigenvalue weighted by molar-refractivity contribution is 0.209. The van der Waals surface area contributed by atoms with Gasteiger partial charge in [-0.25, -0.2) is 4.98 Å². The van der Waals surface area contributed by atoms with Crippen molar-refractivity contribution in [1.29, 1.82) is 0 Å². The number of pyridine rings is 1. The van der Waals surface area contributed by atoms with Gasteiger partial charge in [0.05, 0.1) is 22.1 Å². The Balaban J connectivity index is 0.00000136. The maximum Gasteiger partial charge on any atom is 0.0771 e. The molecule has 1 unspecified atom stereocenters. The molecule has 4 heterocycles. The summed E-state index contributed by atoms with van der Waals surface area (Å²) in [6.07, 6.45) is 2.69. The van der Waals surface area contributed by atoms with Gasteiger partial charge in [-0.3, -0.25) is 4.90 Å². The fourth-order valence-electron chi connectivity index (χ4n) is 4.65. The molecule has 1 atom stereocenters. The predicted octanol–water partition coefficient (Wildman–Crippen LogP) is 5.37. The number of hydrogen-bond donors (Lipinski definition) is 1. The number of aromatic nitrogens is 1. The number of benzene rings is 1. The Hall–Kier alpha value is -1.21. The van der Waals surface area contributed by atoms with E-state index in [0.29, 0.717) is 6.04 Å². The molecule has 3 aromatic rings. The van der Waals surface area contributed by atoms with Crippen LogP contribution >= 0.6 is 36.2 Å². The molecule has 168 valence electrons. The van der Waals surface area contributed by atoms with E-state index >= 15 is 0 Å². The molecule has 0 aliphatic carbocycles. The minimum atomic E-state index is 0. The topological polar surface area (TPSA) is 31.4 Å². The third kappa shape index (κ3) is 5.41. The highest BCUT2D eigenvalue weighted by molar-refractivity contribution is 7.17. The van der Waals surface area contributed by atoms with Gasteiger partial charge in [0.1, 0.15) is 0 Å². The summed E-state index contributed by atoms with van der Waals surface area (Å²) in [5.41, 5.74) is 4.92. The molecule has 1 N–H and O–H groups in total. The predicted molar refractivity (Wildman–Crippen MR) is 137 cm³/mol. The van der Waals surface area contributed by atoms with Gasteiger partial charge in [0.25, 0.3) is 0 Å². The van der Waals surface area contributed by atoms with Crippen LogP contribution in [0.5, 0.6) is 0 Å². The maximum atomic E-state index is 5.18. The minimum absolute atomic E-state index is 0. The molecule has 0 saturated carbocycles. The first-order chi connectivity index (χ1) is 14.3. The van der Waals surface area contributed by atoms with E-state index in [2.05, 4.69) is 63.8 Å². The van der Waals surface area contributed by atoms with Gasteiger partial charge in [0, 0.05) is 31.7 Å². The Morgan fingerprint density at radius 1 is 1.03 bits per heavy atom. The monoisotopic (exact) mass is 478 g/mol. The number of piperazine rings is 1. The first-order valence-corrected chi connectivity index (χ1v) is 11.8. The van der Waals surface area contributed by atoms with E-state index in [-0.39, 0.29) is 24.8 Å². The van der Waals surface area contributed by atoms with Crippen molar-refractivity contribution in [3.63, 3.8) is 0 Å². The van der Waals surface area contributed by atoms with Crippen LogP contribution in [0.2, 0.25) is 0 Å². The number of thiophene rings is 1. The molecule has 5 rings (SSSR count). The molecule has 2 saturated heterocycles. The smallest absolute Gasteiger partial charge is 0.0771 e. The Morgan fingerprint density at radius 3 is 2.55 bits per heavy atom. The molecule has 0 radical (unpaired) electrons. The lowest BCUT2D eigenvalue weighted by Crippen LogP contribution is -2.45. The largest absolute Gasteiger partial charge is 0.306 e. The average Bonchev–Trinajstić information content (AvgIpc) is 3.45. The van der Waals surface area contributed by atoms with Crippen molar-refractivity contribution in [2.45, 2.75) is 32.4 Å². The molecule has 0 spiro atoms. The van der Waals surface area contributed by atoms with Crippen LogP contribution in [0.4, 0.5) is 0 Å². The van der Waals surface area contributed by atoms with Crippen LogP contribution in [-0.4, -0.2) is 54.1 Å². The second-order valence-corrected chi connectivity index (χ2v) is 9.23. The summed E-state index contributed by atoms with van der Waals surface area (Å²) in [7, 11) is 0. The molecule has 7 heteroatoms. The van der Waals surface area contributed by atoms with E-state index in [1.807, 2.05) is 11.3 Å². The van der Waals surface area contributed by atoms with Gasteiger partial charge in [0.15, 0.2) is 0 Å². The summed E-state index contributed by atoms with van der Waals surface area (Å²) in [6.45, 7) is 10.1. The Morgan fingerprint density at radius 2 is 1.81 bits per heavy atom. The fraction of sp³-hybridized carbons (Fsp3) is 0.458. The first-order valence-electron chi connectivity index (χ1n) is 11.0. The van der Waals surface area contributed by atoms with E-state index in [1.54, 1.807) is 0 Å². The van der Waals surface area contributed by atoms with Crippen molar-refractivity contribution < 1.29 is 0 Å². The summed E-state index contributed by atoms with van der Waals surface area (Å²) >= 11 is 1.81. The van der Waals surface area contributed by atoms with E-state index in [1.165, 1.54) is 52.8 Å². The first kappa shape index (κ1) is 24.4. The van der Waals surface area contributed by atoms with Gasteiger partial charge >= 0.3 is 0 Å². The zero-order valence-electron chi connectivity index (χ0n) is 18.0. The second-order valence-electron chi connectivity index (χ2n) is 8.31. The second kappa shape index (κ2) is 11.1. The lowest BCUT2D eigenvalue weighted by atomic mass is 10.0. The van der Waals surface area contributed by atoms with Crippen molar-refractivity contribution in [2.24, 2.45) is 0 Å². The van der Waals surface area contributed by atoms with Gasteiger partial charge in [-0.2, -0.15) is 0 Å². The number of fused-ring (bicyclic) bond motifs is 1. The van der Waals surface area contributed by atoms with Crippen molar-refractivity contribution in [1.82, 2.24) is 20.1 Å². The van der Waals surface area contributed by atoms with Crippen LogP contribution in [0, 0.1) is 0 Å². The number of nitrogens with one attached hydrogen (secondary N) is 1. The summed E-state index contributed by atoms with van der Waals surface area (Å²) in [6, 6.07) is 13.9. The zero-order valence-corrected chi connectivity index (χ0v) is 20.5. The number of hydrogen-bond acceptors (Lipinski definition) is 5. The van der Waals surface area contributed by atoms with Crippen molar-refractivity contribution in [3.8, 4) is 11.3 Å². The van der Waals surface area contributed by atoms with Crippen molar-refractivity contribution >= 4 is 46.2 Å². The van der Waals surface area contributed by atoms with Crippen LogP contribution in [0.25, 0.3) is 21.3 Å². The number of nitrogens with zero attached hydrogens (tertiary/aromatic N) is 3. The molecule has 31 heavy (non-hydrogen) atoms. The number of halogens is 2. The zero-order chi connectivity index (χ0) is 19.6. The third-order valence-corrected chi connectivity index (χ3v) is 7.31. The summed E-state index contributed by atoms with van der Waals surface area (Å²) in [5, 5.41) is 7.21. The molecule has 2 aliphatic heterocycles. The molecule has 1 aromatic carbocycles. The molecule has 2 fully saturated rings. The van der Waals surface area contributed by atoms with Crippen molar-refractivity contribution in [3.05, 3.63) is 53.0 Å². The van der Waals surface area contributed by atoms with Gasteiger partial charge in [-0.1, -0.05) is 31.2 Å². The molecule has 0 bridgehead atoms. The highest BCUT2D eigenvalue weighted by Crippen LogP contribution is 2.33. The molecule has 2 aromatic heterocycles. The molecular weight excluding hydrogens is 447 g/mol. The fourth-order valence-corrected chi connectivity index (χ4v) is 5.57. The Kier molecular flexibility index (Phi) is 8.74. The molecule has 2 aliphatic rings. The van der Waals surface area contributed by atoms with E-state index in [9.17, 15) is 0 Å². The molecule has 0 amide bonds. The summed E-state index contributed by atoms with van der Waals surface area (Å²) in [4.78, 5) is 10.2. The quantitative estimate of drug-likeness (QED) is 0.533. The average molecular weight is 480 g/mol. The van der Waals surface area contributed by atoms with Gasteiger partial charge < -0.3 is 10.2 Å². The van der Waals surface area contributed by atoms with Crippen LogP contribution in [0.3, 0.4) is 0 Å². The summed E-state index contributed by atoms with van der Waals surface area (Å²) in [5.74, 6) is 0. The Labute approximate surface area is 201 Å². The number of likely N-dealkylation sites (tertiary alicyclic amines) is 1. The summed E-state index contributed by atoms with van der Waals surface area (Å²) < 4.78 is 1.33. The maximum absolute atomic E-state index is 5.18. The van der Waals surface area contributed by atoms with E-state index in [0.717, 1.165) is 38.4 Å². The van der Waals surface area contributed by atoms with Crippen LogP contribution in [0.1, 0.15) is 37.1 Å². The van der Waals surface area contributed by atoms with Crippen LogP contribution in [0.15, 0.2) is 41.8 Å². The third-order valence-electron chi connectivity index (χ3n) is 6.35. The number of likely N-dealkylation sites (N-methyl/N-ethyl adjacent to an activating group) is 1. The van der Waals surface area contributed by atoms with Crippen LogP contribution in [-0.2, 0) is 6.54 Å². The number of rotatable bonds is 5. The SMILES string of the molecule is CCN1CCNC(c2nc(-c3ccc(CN4CCCC4)cc3)cc3ccsc23)C1.Cl.Cl.